The van der Waals surface area contributed by atoms with Gasteiger partial charge in [-0.15, -0.1) is 0 Å². The summed E-state index contributed by atoms with van der Waals surface area (Å²) in [4.78, 5) is 29.6. The number of anilines is 2. The van der Waals surface area contributed by atoms with Crippen LogP contribution in [0, 0.1) is 18.7 Å². The number of nitrogens with one attached hydrogen (secondary N) is 2. The van der Waals surface area contributed by atoms with Crippen LogP contribution in [0.2, 0.25) is 0 Å². The van der Waals surface area contributed by atoms with Crippen LogP contribution in [0.15, 0.2) is 66.7 Å². The Hall–Kier alpha value is -3.67. The molecule has 40 heavy (non-hydrogen) atoms. The largest absolute Gasteiger partial charge is 0.382 e. The van der Waals surface area contributed by atoms with E-state index in [0.717, 1.165) is 35.3 Å². The molecular formula is C34H40FN3O2. The molecule has 0 radical (unpaired) electrons. The molecule has 1 saturated carbocycles. The lowest BCUT2D eigenvalue weighted by molar-refractivity contribution is -0.123. The van der Waals surface area contributed by atoms with Crippen LogP contribution in [-0.4, -0.2) is 29.3 Å². The third-order valence-electron chi connectivity index (χ3n) is 8.36. The molecule has 5 rings (SSSR count). The number of benzene rings is 3. The minimum absolute atomic E-state index is 0.0528. The standard InChI is InChI=1S/C34H40FN3O2/c1-22-10-5-18-29(35)30(22)33(40)38-19-9-17-28(32(39)37-27-16-7-12-24(21-27)34(2,3)4)31(38)23-11-6-15-26(20-23)36-25-13-8-14-25/h5-7,10-12,15-16,18,20-21,25,28,31,36H,8-9,13-14,17,19H2,1-4H3,(H,37,39)/t28-,31-/m0/s1. The second-order valence-electron chi connectivity index (χ2n) is 12.3. The van der Waals surface area contributed by atoms with Crippen molar-refractivity contribution < 1.29 is 14.0 Å². The number of likely N-dealkylation sites (tertiary alicyclic amines) is 1. The van der Waals surface area contributed by atoms with Crippen LogP contribution < -0.4 is 10.6 Å². The van der Waals surface area contributed by atoms with Gasteiger partial charge in [0.15, 0.2) is 0 Å². The van der Waals surface area contributed by atoms with Crippen molar-refractivity contribution in [3.63, 3.8) is 0 Å². The van der Waals surface area contributed by atoms with E-state index < -0.39 is 17.8 Å². The van der Waals surface area contributed by atoms with Gasteiger partial charge in [0, 0.05) is 24.0 Å². The third kappa shape index (κ3) is 5.91. The third-order valence-corrected chi connectivity index (χ3v) is 8.36. The fourth-order valence-corrected chi connectivity index (χ4v) is 5.86. The number of carbonyl (C=O) groups is 2. The first-order valence-corrected chi connectivity index (χ1v) is 14.5. The number of amides is 2. The monoisotopic (exact) mass is 541 g/mol. The summed E-state index contributed by atoms with van der Waals surface area (Å²) in [6.45, 7) is 8.64. The number of hydrogen-bond donors (Lipinski definition) is 2. The molecule has 0 unspecified atom stereocenters. The van der Waals surface area contributed by atoms with Crippen LogP contribution in [0.1, 0.15) is 86.0 Å². The van der Waals surface area contributed by atoms with Crippen molar-refractivity contribution in [3.05, 3.63) is 94.8 Å². The average Bonchev–Trinajstić information content (AvgIpc) is 2.90. The Morgan fingerprint density at radius 2 is 1.62 bits per heavy atom. The predicted octanol–water partition coefficient (Wildman–Crippen LogP) is 7.63. The molecule has 2 fully saturated rings. The molecule has 6 heteroatoms. The summed E-state index contributed by atoms with van der Waals surface area (Å²) in [5, 5.41) is 6.74. The minimum atomic E-state index is -0.533. The molecule has 2 amide bonds. The summed E-state index contributed by atoms with van der Waals surface area (Å²) < 4.78 is 15.0. The van der Waals surface area contributed by atoms with Gasteiger partial charge < -0.3 is 15.5 Å². The highest BCUT2D eigenvalue weighted by atomic mass is 19.1. The zero-order chi connectivity index (χ0) is 28.4. The van der Waals surface area contributed by atoms with Crippen molar-refractivity contribution in [2.45, 2.75) is 77.3 Å². The number of halogens is 1. The fourth-order valence-electron chi connectivity index (χ4n) is 5.86. The number of nitrogens with zero attached hydrogens (tertiary/aromatic N) is 1. The minimum Gasteiger partial charge on any atom is -0.382 e. The molecule has 2 N–H and O–H groups in total. The lowest BCUT2D eigenvalue weighted by Gasteiger charge is -2.41. The summed E-state index contributed by atoms with van der Waals surface area (Å²) in [5.74, 6) is -1.52. The number of aryl methyl sites for hydroxylation is 1. The highest BCUT2D eigenvalue weighted by molar-refractivity contribution is 5.98. The molecule has 1 heterocycles. The molecule has 2 aliphatic rings. The molecule has 3 aromatic rings. The number of hydrogen-bond acceptors (Lipinski definition) is 3. The molecule has 0 spiro atoms. The lowest BCUT2D eigenvalue weighted by atomic mass is 9.82. The Bertz CT molecular complexity index is 1370. The van der Waals surface area contributed by atoms with Crippen LogP contribution in [-0.2, 0) is 10.2 Å². The SMILES string of the molecule is Cc1cccc(F)c1C(=O)N1CCC[C@H](C(=O)Nc2cccc(C(C)(C)C)c2)[C@@H]1c1cccc(NC2CCC2)c1. The van der Waals surface area contributed by atoms with E-state index in [1.165, 1.54) is 12.5 Å². The first-order chi connectivity index (χ1) is 19.1. The molecule has 1 aliphatic carbocycles. The second-order valence-corrected chi connectivity index (χ2v) is 12.3. The predicted molar refractivity (Wildman–Crippen MR) is 159 cm³/mol. The molecule has 3 aromatic carbocycles. The van der Waals surface area contributed by atoms with Gasteiger partial charge in [-0.25, -0.2) is 4.39 Å². The Kier molecular flexibility index (Phi) is 7.97. The van der Waals surface area contributed by atoms with Gasteiger partial charge >= 0.3 is 0 Å². The Labute approximate surface area is 237 Å². The zero-order valence-electron chi connectivity index (χ0n) is 24.0. The molecule has 1 saturated heterocycles. The molecule has 210 valence electrons. The summed E-state index contributed by atoms with van der Waals surface area (Å²) >= 11 is 0. The van der Waals surface area contributed by atoms with Gasteiger partial charge in [0.1, 0.15) is 5.82 Å². The Balaban J connectivity index is 1.50. The maximum Gasteiger partial charge on any atom is 0.257 e. The topological polar surface area (TPSA) is 61.4 Å². The smallest absolute Gasteiger partial charge is 0.257 e. The number of rotatable bonds is 6. The summed E-state index contributed by atoms with van der Waals surface area (Å²) in [6, 6.07) is 20.6. The van der Waals surface area contributed by atoms with Crippen molar-refractivity contribution in [3.8, 4) is 0 Å². The van der Waals surface area contributed by atoms with E-state index in [4.69, 9.17) is 0 Å². The van der Waals surface area contributed by atoms with Crippen LogP contribution in [0.25, 0.3) is 0 Å². The van der Waals surface area contributed by atoms with Gasteiger partial charge in [-0.3, -0.25) is 9.59 Å². The van der Waals surface area contributed by atoms with Gasteiger partial charge in [-0.05, 0) is 91.5 Å². The van der Waals surface area contributed by atoms with E-state index in [1.807, 2.05) is 36.4 Å². The first kappa shape index (κ1) is 27.9. The summed E-state index contributed by atoms with van der Waals surface area (Å²) in [7, 11) is 0. The quantitative estimate of drug-likeness (QED) is 0.337. The van der Waals surface area contributed by atoms with E-state index in [0.29, 0.717) is 31.0 Å². The molecule has 0 aromatic heterocycles. The highest BCUT2D eigenvalue weighted by Gasteiger charge is 2.40. The van der Waals surface area contributed by atoms with Gasteiger partial charge in [-0.1, -0.05) is 57.2 Å². The van der Waals surface area contributed by atoms with Gasteiger partial charge in [-0.2, -0.15) is 0 Å². The van der Waals surface area contributed by atoms with Crippen LogP contribution in [0.5, 0.6) is 0 Å². The van der Waals surface area contributed by atoms with Gasteiger partial charge in [0.05, 0.1) is 17.5 Å². The van der Waals surface area contributed by atoms with E-state index in [1.54, 1.807) is 24.0 Å². The van der Waals surface area contributed by atoms with Crippen molar-refractivity contribution in [1.82, 2.24) is 4.90 Å². The summed E-state index contributed by atoms with van der Waals surface area (Å²) in [6.07, 6.45) is 4.81. The Morgan fingerprint density at radius 1 is 0.900 bits per heavy atom. The maximum absolute atomic E-state index is 15.0. The lowest BCUT2D eigenvalue weighted by Crippen LogP contribution is -2.46. The van der Waals surface area contributed by atoms with Gasteiger partial charge in [0.2, 0.25) is 5.91 Å². The normalized spacial score (nSPS) is 19.6. The Morgan fingerprint density at radius 3 is 2.33 bits per heavy atom. The molecule has 1 aliphatic heterocycles. The van der Waals surface area contributed by atoms with E-state index in [9.17, 15) is 14.0 Å². The number of carbonyl (C=O) groups excluding carboxylic acids is 2. The van der Waals surface area contributed by atoms with Crippen LogP contribution >= 0.6 is 0 Å². The first-order valence-electron chi connectivity index (χ1n) is 14.5. The van der Waals surface area contributed by atoms with Gasteiger partial charge in [0.25, 0.3) is 5.91 Å². The molecule has 2 atom stereocenters. The molecule has 5 nitrogen and oxygen atoms in total. The van der Waals surface area contributed by atoms with Crippen LogP contribution in [0.3, 0.4) is 0 Å². The van der Waals surface area contributed by atoms with Crippen molar-refractivity contribution in [1.29, 1.82) is 0 Å². The highest BCUT2D eigenvalue weighted by Crippen LogP contribution is 2.40. The average molecular weight is 542 g/mol. The maximum atomic E-state index is 15.0. The van der Waals surface area contributed by atoms with E-state index >= 15 is 0 Å². The zero-order valence-corrected chi connectivity index (χ0v) is 24.0. The summed E-state index contributed by atoms with van der Waals surface area (Å²) in [5.41, 5.74) is 4.36. The van der Waals surface area contributed by atoms with Crippen molar-refractivity contribution in [2.24, 2.45) is 5.92 Å². The number of piperidine rings is 1. The second kappa shape index (κ2) is 11.4. The van der Waals surface area contributed by atoms with E-state index in [2.05, 4.69) is 43.5 Å². The fraction of sp³-hybridized carbons (Fsp3) is 0.412. The van der Waals surface area contributed by atoms with Crippen LogP contribution in [0.4, 0.5) is 15.8 Å². The molecule has 0 bridgehead atoms. The van der Waals surface area contributed by atoms with Crippen molar-refractivity contribution >= 4 is 23.2 Å². The van der Waals surface area contributed by atoms with E-state index in [-0.39, 0.29) is 22.8 Å². The van der Waals surface area contributed by atoms with Crippen molar-refractivity contribution in [2.75, 3.05) is 17.2 Å². The molecular weight excluding hydrogens is 501 g/mol.